The number of nitrogens with one attached hydrogen (secondary N) is 2. The summed E-state index contributed by atoms with van der Waals surface area (Å²) >= 11 is 12.3. The standard InChI is InChI=1S/C19H14Cl2N6O/c1-11-6-7-12(8-16(11)21)27-18-14(9-24-27)17(22-10-23-18)25-26-19(28)13-4-2-3-5-15(13)20/h2-10H,1H3,(H,26,28)(H,22,23,25). The quantitative estimate of drug-likeness (QED) is 0.490. The van der Waals surface area contributed by atoms with E-state index in [1.54, 1.807) is 35.1 Å². The maximum atomic E-state index is 12.3. The van der Waals surface area contributed by atoms with Crippen molar-refractivity contribution in [1.82, 2.24) is 25.2 Å². The van der Waals surface area contributed by atoms with Crippen molar-refractivity contribution >= 4 is 46.0 Å². The number of aromatic nitrogens is 4. The smallest absolute Gasteiger partial charge is 0.271 e. The molecule has 7 nitrogen and oxygen atoms in total. The van der Waals surface area contributed by atoms with Crippen molar-refractivity contribution in [1.29, 1.82) is 0 Å². The van der Waals surface area contributed by atoms with Gasteiger partial charge in [-0.25, -0.2) is 14.6 Å². The van der Waals surface area contributed by atoms with E-state index < -0.39 is 0 Å². The predicted octanol–water partition coefficient (Wildman–Crippen LogP) is 4.19. The molecule has 0 aliphatic carbocycles. The van der Waals surface area contributed by atoms with E-state index in [0.717, 1.165) is 11.3 Å². The highest BCUT2D eigenvalue weighted by atomic mass is 35.5. The van der Waals surface area contributed by atoms with Crippen LogP contribution in [-0.4, -0.2) is 25.7 Å². The van der Waals surface area contributed by atoms with Gasteiger partial charge in [0.05, 0.1) is 27.9 Å². The molecule has 2 aromatic heterocycles. The van der Waals surface area contributed by atoms with Gasteiger partial charge in [0.15, 0.2) is 11.5 Å². The Labute approximate surface area is 170 Å². The van der Waals surface area contributed by atoms with Crippen LogP contribution in [0.4, 0.5) is 5.82 Å². The number of carbonyl (C=O) groups is 1. The number of benzene rings is 2. The molecule has 1 amide bonds. The maximum Gasteiger partial charge on any atom is 0.271 e. The first-order valence-corrected chi connectivity index (χ1v) is 9.06. The lowest BCUT2D eigenvalue weighted by molar-refractivity contribution is 0.0962. The second-order valence-electron chi connectivity index (χ2n) is 6.01. The first kappa shape index (κ1) is 18.2. The Bertz CT molecular complexity index is 1190. The molecule has 2 N–H and O–H groups in total. The van der Waals surface area contributed by atoms with E-state index in [0.29, 0.717) is 32.5 Å². The van der Waals surface area contributed by atoms with Gasteiger partial charge in [-0.2, -0.15) is 5.10 Å². The molecule has 0 saturated heterocycles. The topological polar surface area (TPSA) is 84.7 Å². The molecule has 2 heterocycles. The maximum absolute atomic E-state index is 12.3. The Morgan fingerprint density at radius 2 is 1.89 bits per heavy atom. The van der Waals surface area contributed by atoms with Gasteiger partial charge in [0.2, 0.25) is 0 Å². The second-order valence-corrected chi connectivity index (χ2v) is 6.82. The molecule has 0 bridgehead atoms. The molecule has 0 atom stereocenters. The summed E-state index contributed by atoms with van der Waals surface area (Å²) in [5, 5.41) is 6.02. The van der Waals surface area contributed by atoms with Crippen LogP contribution in [0.1, 0.15) is 15.9 Å². The van der Waals surface area contributed by atoms with Crippen molar-refractivity contribution in [3.63, 3.8) is 0 Å². The third-order valence-electron chi connectivity index (χ3n) is 4.18. The molecular formula is C19H14Cl2N6O. The Hall–Kier alpha value is -3.16. The first-order chi connectivity index (χ1) is 13.5. The molecule has 140 valence electrons. The Morgan fingerprint density at radius 3 is 2.68 bits per heavy atom. The minimum absolute atomic E-state index is 0.354. The summed E-state index contributed by atoms with van der Waals surface area (Å²) in [6.07, 6.45) is 3.01. The predicted molar refractivity (Wildman–Crippen MR) is 109 cm³/mol. The Balaban J connectivity index is 1.62. The van der Waals surface area contributed by atoms with Gasteiger partial charge < -0.3 is 0 Å². The van der Waals surface area contributed by atoms with Gasteiger partial charge in [-0.1, -0.05) is 41.4 Å². The van der Waals surface area contributed by atoms with Crippen LogP contribution in [0.5, 0.6) is 0 Å². The van der Waals surface area contributed by atoms with E-state index in [2.05, 4.69) is 25.9 Å². The summed E-state index contributed by atoms with van der Waals surface area (Å²) in [5.74, 6) is 0.0323. The van der Waals surface area contributed by atoms with Crippen LogP contribution < -0.4 is 10.9 Å². The largest absolute Gasteiger partial charge is 0.281 e. The van der Waals surface area contributed by atoms with E-state index in [9.17, 15) is 4.79 Å². The number of halogens is 2. The molecule has 0 unspecified atom stereocenters. The van der Waals surface area contributed by atoms with Gasteiger partial charge in [0.25, 0.3) is 5.91 Å². The van der Waals surface area contributed by atoms with Crippen molar-refractivity contribution in [3.05, 3.63) is 76.2 Å². The minimum Gasteiger partial charge on any atom is -0.281 e. The highest BCUT2D eigenvalue weighted by Gasteiger charge is 2.14. The van der Waals surface area contributed by atoms with Crippen LogP contribution in [0.3, 0.4) is 0 Å². The number of nitrogens with zero attached hydrogens (tertiary/aromatic N) is 4. The molecule has 0 radical (unpaired) electrons. The molecule has 0 aliphatic heterocycles. The van der Waals surface area contributed by atoms with Crippen molar-refractivity contribution in [2.24, 2.45) is 0 Å². The zero-order chi connectivity index (χ0) is 19.7. The normalized spacial score (nSPS) is 10.8. The molecule has 4 rings (SSSR count). The third-order valence-corrected chi connectivity index (χ3v) is 4.92. The monoisotopic (exact) mass is 412 g/mol. The van der Waals surface area contributed by atoms with Crippen molar-refractivity contribution in [2.45, 2.75) is 6.92 Å². The van der Waals surface area contributed by atoms with Crippen LogP contribution in [0.15, 0.2) is 55.0 Å². The molecule has 2 aromatic carbocycles. The van der Waals surface area contributed by atoms with E-state index in [4.69, 9.17) is 23.2 Å². The average Bonchev–Trinajstić information content (AvgIpc) is 3.13. The highest BCUT2D eigenvalue weighted by molar-refractivity contribution is 6.33. The number of hydrazine groups is 1. The van der Waals surface area contributed by atoms with Crippen LogP contribution >= 0.6 is 23.2 Å². The van der Waals surface area contributed by atoms with E-state index in [1.807, 2.05) is 25.1 Å². The van der Waals surface area contributed by atoms with Gasteiger partial charge in [0, 0.05) is 5.02 Å². The van der Waals surface area contributed by atoms with Crippen LogP contribution in [0, 0.1) is 6.92 Å². The lowest BCUT2D eigenvalue weighted by Crippen LogP contribution is -2.30. The summed E-state index contributed by atoms with van der Waals surface area (Å²) in [6.45, 7) is 1.93. The minimum atomic E-state index is -0.380. The molecule has 0 aliphatic rings. The summed E-state index contributed by atoms with van der Waals surface area (Å²) in [7, 11) is 0. The Kier molecular flexibility index (Phi) is 4.85. The number of carbonyl (C=O) groups excluding carboxylic acids is 1. The second kappa shape index (κ2) is 7.46. The molecule has 0 spiro atoms. The SMILES string of the molecule is Cc1ccc(-n2ncc3c(NNC(=O)c4ccccc4Cl)ncnc32)cc1Cl. The van der Waals surface area contributed by atoms with Gasteiger partial charge in [-0.3, -0.25) is 15.6 Å². The van der Waals surface area contributed by atoms with Gasteiger partial charge in [0.1, 0.15) is 6.33 Å². The van der Waals surface area contributed by atoms with Crippen LogP contribution in [0.2, 0.25) is 10.0 Å². The first-order valence-electron chi connectivity index (χ1n) is 8.31. The summed E-state index contributed by atoms with van der Waals surface area (Å²) in [4.78, 5) is 20.8. The van der Waals surface area contributed by atoms with Crippen molar-refractivity contribution in [3.8, 4) is 5.69 Å². The number of fused-ring (bicyclic) bond motifs is 1. The molecular weight excluding hydrogens is 399 g/mol. The fourth-order valence-electron chi connectivity index (χ4n) is 2.67. The number of anilines is 1. The fourth-order valence-corrected chi connectivity index (χ4v) is 3.07. The number of hydrogen-bond acceptors (Lipinski definition) is 5. The van der Waals surface area contributed by atoms with E-state index in [-0.39, 0.29) is 5.91 Å². The molecule has 0 saturated carbocycles. The van der Waals surface area contributed by atoms with Crippen molar-refractivity contribution in [2.75, 3.05) is 5.43 Å². The average molecular weight is 413 g/mol. The highest BCUT2D eigenvalue weighted by Crippen LogP contribution is 2.24. The van der Waals surface area contributed by atoms with Crippen LogP contribution in [-0.2, 0) is 0 Å². The summed E-state index contributed by atoms with van der Waals surface area (Å²) in [6, 6.07) is 12.4. The number of hydrogen-bond donors (Lipinski definition) is 2. The van der Waals surface area contributed by atoms with E-state index >= 15 is 0 Å². The fraction of sp³-hybridized carbons (Fsp3) is 0.0526. The van der Waals surface area contributed by atoms with Gasteiger partial charge >= 0.3 is 0 Å². The van der Waals surface area contributed by atoms with Crippen LogP contribution in [0.25, 0.3) is 16.7 Å². The molecule has 9 heteroatoms. The molecule has 4 aromatic rings. The lowest BCUT2D eigenvalue weighted by Gasteiger charge is -2.09. The zero-order valence-electron chi connectivity index (χ0n) is 14.6. The lowest BCUT2D eigenvalue weighted by atomic mass is 10.2. The summed E-state index contributed by atoms with van der Waals surface area (Å²) in [5.41, 5.74) is 8.08. The number of amides is 1. The Morgan fingerprint density at radius 1 is 1.07 bits per heavy atom. The molecule has 0 fully saturated rings. The van der Waals surface area contributed by atoms with E-state index in [1.165, 1.54) is 6.33 Å². The molecule has 28 heavy (non-hydrogen) atoms. The number of aryl methyl sites for hydroxylation is 1. The van der Waals surface area contributed by atoms with Gasteiger partial charge in [-0.05, 0) is 36.8 Å². The number of rotatable bonds is 4. The third kappa shape index (κ3) is 3.37. The zero-order valence-corrected chi connectivity index (χ0v) is 16.2. The summed E-state index contributed by atoms with van der Waals surface area (Å²) < 4.78 is 1.66. The van der Waals surface area contributed by atoms with Gasteiger partial charge in [-0.15, -0.1) is 0 Å². The van der Waals surface area contributed by atoms with Crippen molar-refractivity contribution < 1.29 is 4.79 Å².